The summed E-state index contributed by atoms with van der Waals surface area (Å²) >= 11 is 1.75. The molecule has 0 spiro atoms. The Kier molecular flexibility index (Phi) is 6.77. The largest absolute Gasteiger partial charge is 0.481 e. The highest BCUT2D eigenvalue weighted by atomic mass is 32.2. The van der Waals surface area contributed by atoms with Crippen LogP contribution in [-0.4, -0.2) is 76.3 Å². The fraction of sp³-hybridized carbons (Fsp3) is 0.875. The molecule has 7 heteroatoms. The van der Waals surface area contributed by atoms with Crippen molar-refractivity contribution in [3.05, 3.63) is 0 Å². The van der Waals surface area contributed by atoms with Crippen LogP contribution in [0.5, 0.6) is 0 Å². The molecule has 0 bridgehead atoms. The summed E-state index contributed by atoms with van der Waals surface area (Å²) in [6.07, 6.45) is 2.66. The van der Waals surface area contributed by atoms with Gasteiger partial charge >= 0.3 is 12.1 Å². The third-order valence-electron chi connectivity index (χ3n) is 4.23. The van der Waals surface area contributed by atoms with E-state index < -0.39 is 17.1 Å². The molecular weight excluding hydrogens is 316 g/mol. The molecule has 134 valence electrons. The highest BCUT2D eigenvalue weighted by Gasteiger charge is 2.51. The van der Waals surface area contributed by atoms with Crippen molar-refractivity contribution >= 4 is 23.8 Å². The Labute approximate surface area is 143 Å². The molecule has 1 N–H and O–H groups in total. The lowest BCUT2D eigenvalue weighted by Crippen LogP contribution is -2.73. The molecule has 1 unspecified atom stereocenters. The molecule has 0 saturated carbocycles. The number of likely N-dealkylation sites (tertiary alicyclic amines) is 1. The van der Waals surface area contributed by atoms with Crippen molar-refractivity contribution in [2.75, 3.05) is 32.1 Å². The monoisotopic (exact) mass is 346 g/mol. The molecular formula is C16H30N2O4S. The molecule has 1 heterocycles. The number of hydrogen-bond acceptors (Lipinski definition) is 5. The maximum atomic E-state index is 12.1. The van der Waals surface area contributed by atoms with Crippen molar-refractivity contribution in [3.63, 3.8) is 0 Å². The van der Waals surface area contributed by atoms with Crippen LogP contribution in [0.2, 0.25) is 0 Å². The van der Waals surface area contributed by atoms with E-state index >= 15 is 0 Å². The van der Waals surface area contributed by atoms with Crippen LogP contribution in [0.4, 0.5) is 4.79 Å². The van der Waals surface area contributed by atoms with Gasteiger partial charge < -0.3 is 14.7 Å². The molecule has 6 nitrogen and oxygen atoms in total. The van der Waals surface area contributed by atoms with Crippen LogP contribution in [-0.2, 0) is 9.53 Å². The van der Waals surface area contributed by atoms with Crippen molar-refractivity contribution in [3.8, 4) is 0 Å². The van der Waals surface area contributed by atoms with Crippen molar-refractivity contribution < 1.29 is 19.4 Å². The first-order chi connectivity index (χ1) is 10.5. The van der Waals surface area contributed by atoms with Crippen LogP contribution in [0.25, 0.3) is 0 Å². The molecule has 0 aromatic rings. The maximum Gasteiger partial charge on any atom is 0.410 e. The van der Waals surface area contributed by atoms with Crippen molar-refractivity contribution in [2.45, 2.75) is 57.7 Å². The van der Waals surface area contributed by atoms with Crippen LogP contribution in [0, 0.1) is 0 Å². The van der Waals surface area contributed by atoms with E-state index in [0.29, 0.717) is 19.1 Å². The van der Waals surface area contributed by atoms with E-state index in [0.717, 1.165) is 12.2 Å². The minimum Gasteiger partial charge on any atom is -0.481 e. The first-order valence-corrected chi connectivity index (χ1v) is 9.35. The Morgan fingerprint density at radius 3 is 2.35 bits per heavy atom. The number of carboxylic acids is 1. The zero-order chi connectivity index (χ0) is 17.8. The quantitative estimate of drug-likeness (QED) is 0.764. The average molecular weight is 346 g/mol. The standard InChI is InChI=1S/C16H30N2O4S/c1-7-12(9-23-6)17(5)16(8-13(19)20)10-18(11-16)14(21)22-15(2,3)4/h12H,7-11H2,1-6H3,(H,19,20). The second kappa shape index (κ2) is 7.75. The minimum absolute atomic E-state index is 0.0354. The number of thioether (sulfide) groups is 1. The molecule has 1 aliphatic heterocycles. The third-order valence-corrected chi connectivity index (χ3v) is 4.95. The van der Waals surface area contributed by atoms with Crippen LogP contribution >= 0.6 is 11.8 Å². The summed E-state index contributed by atoms with van der Waals surface area (Å²) in [5.41, 5.74) is -1.04. The summed E-state index contributed by atoms with van der Waals surface area (Å²) in [7, 11) is 1.97. The Morgan fingerprint density at radius 1 is 1.39 bits per heavy atom. The van der Waals surface area contributed by atoms with Gasteiger partial charge in [-0.25, -0.2) is 4.79 Å². The molecule has 1 saturated heterocycles. The molecule has 0 aliphatic carbocycles. The highest BCUT2D eigenvalue weighted by Crippen LogP contribution is 2.34. The van der Waals surface area contributed by atoms with E-state index in [2.05, 4.69) is 11.8 Å². The summed E-state index contributed by atoms with van der Waals surface area (Å²) in [4.78, 5) is 27.2. The van der Waals surface area contributed by atoms with Gasteiger partial charge in [-0.15, -0.1) is 0 Å². The van der Waals surface area contributed by atoms with Crippen LogP contribution < -0.4 is 0 Å². The third kappa shape index (κ3) is 5.28. The van der Waals surface area contributed by atoms with E-state index in [1.54, 1.807) is 16.7 Å². The zero-order valence-corrected chi connectivity index (χ0v) is 15.9. The molecule has 1 atom stereocenters. The Morgan fingerprint density at radius 2 is 1.96 bits per heavy atom. The number of ether oxygens (including phenoxy) is 1. The topological polar surface area (TPSA) is 70.1 Å². The summed E-state index contributed by atoms with van der Waals surface area (Å²) in [6.45, 7) is 8.38. The number of hydrogen-bond donors (Lipinski definition) is 1. The Hall–Kier alpha value is -0.950. The van der Waals surface area contributed by atoms with Crippen LogP contribution in [0.15, 0.2) is 0 Å². The van der Waals surface area contributed by atoms with Crippen LogP contribution in [0.3, 0.4) is 0 Å². The second-order valence-electron chi connectivity index (χ2n) is 7.26. The number of carboxylic acid groups (broad SMARTS) is 1. The highest BCUT2D eigenvalue weighted by molar-refractivity contribution is 7.98. The van der Waals surface area contributed by atoms with Gasteiger partial charge in [-0.2, -0.15) is 11.8 Å². The molecule has 0 aromatic heterocycles. The lowest BCUT2D eigenvalue weighted by molar-refractivity contribution is -0.146. The van der Waals surface area contributed by atoms with Crippen molar-refractivity contribution in [1.82, 2.24) is 9.80 Å². The molecule has 1 rings (SSSR count). The SMILES string of the molecule is CCC(CSC)N(C)C1(CC(=O)O)CN(C(=O)OC(C)(C)C)C1. The van der Waals surface area contributed by atoms with Gasteiger partial charge in [0.1, 0.15) is 5.60 Å². The summed E-state index contributed by atoms with van der Waals surface area (Å²) in [5.74, 6) is 0.112. The molecule has 0 radical (unpaired) electrons. The lowest BCUT2D eigenvalue weighted by Gasteiger charge is -2.55. The normalized spacial score (nSPS) is 18.5. The number of amides is 1. The molecule has 1 aliphatic rings. The van der Waals surface area contributed by atoms with Gasteiger partial charge in [-0.1, -0.05) is 6.92 Å². The summed E-state index contributed by atoms with van der Waals surface area (Å²) in [6, 6.07) is 0.296. The van der Waals surface area contributed by atoms with E-state index in [1.165, 1.54) is 0 Å². The molecule has 0 aromatic carbocycles. The smallest absolute Gasteiger partial charge is 0.410 e. The zero-order valence-electron chi connectivity index (χ0n) is 15.1. The molecule has 1 amide bonds. The lowest BCUT2D eigenvalue weighted by atomic mass is 9.83. The van der Waals surface area contributed by atoms with Gasteiger partial charge in [0.2, 0.25) is 0 Å². The number of rotatable bonds is 7. The van der Waals surface area contributed by atoms with Gasteiger partial charge in [0.25, 0.3) is 0 Å². The second-order valence-corrected chi connectivity index (χ2v) is 8.17. The van der Waals surface area contributed by atoms with Gasteiger partial charge in [0.05, 0.1) is 12.0 Å². The molecule has 1 fully saturated rings. The Balaban J connectivity index is 2.80. The maximum absolute atomic E-state index is 12.1. The summed E-state index contributed by atoms with van der Waals surface area (Å²) in [5, 5.41) is 9.29. The van der Waals surface area contributed by atoms with Gasteiger partial charge in [-0.3, -0.25) is 9.69 Å². The number of aliphatic carboxylic acids is 1. The number of carbonyl (C=O) groups excluding carboxylic acids is 1. The number of likely N-dealkylation sites (N-methyl/N-ethyl adjacent to an activating group) is 1. The summed E-state index contributed by atoms with van der Waals surface area (Å²) < 4.78 is 5.37. The molecule has 23 heavy (non-hydrogen) atoms. The van der Waals surface area contributed by atoms with Crippen molar-refractivity contribution in [2.24, 2.45) is 0 Å². The number of carbonyl (C=O) groups is 2. The minimum atomic E-state index is -0.834. The van der Waals surface area contributed by atoms with E-state index in [-0.39, 0.29) is 12.5 Å². The average Bonchev–Trinajstić information content (AvgIpc) is 2.36. The predicted octanol–water partition coefficient (Wildman–Crippen LogP) is 2.52. The first kappa shape index (κ1) is 20.1. The fourth-order valence-electron chi connectivity index (χ4n) is 2.94. The van der Waals surface area contributed by atoms with E-state index in [1.807, 2.05) is 34.1 Å². The fourth-order valence-corrected chi connectivity index (χ4v) is 3.79. The van der Waals surface area contributed by atoms with E-state index in [4.69, 9.17) is 4.74 Å². The Bertz CT molecular complexity index is 430. The van der Waals surface area contributed by atoms with E-state index in [9.17, 15) is 14.7 Å². The number of nitrogens with zero attached hydrogens (tertiary/aromatic N) is 2. The predicted molar refractivity (Wildman–Crippen MR) is 93.0 cm³/mol. The van der Waals surface area contributed by atoms with Crippen LogP contribution in [0.1, 0.15) is 40.5 Å². The first-order valence-electron chi connectivity index (χ1n) is 7.96. The van der Waals surface area contributed by atoms with Gasteiger partial charge in [-0.05, 0) is 40.5 Å². The van der Waals surface area contributed by atoms with Gasteiger partial charge in [0.15, 0.2) is 0 Å². The van der Waals surface area contributed by atoms with Gasteiger partial charge in [0, 0.05) is 24.9 Å². The van der Waals surface area contributed by atoms with Crippen molar-refractivity contribution in [1.29, 1.82) is 0 Å².